The summed E-state index contributed by atoms with van der Waals surface area (Å²) in [4.78, 5) is 0. The maximum Gasteiger partial charge on any atom is 0.121 e. The van der Waals surface area contributed by atoms with Gasteiger partial charge in [0.15, 0.2) is 0 Å². The minimum absolute atomic E-state index is 0.0968. The zero-order chi connectivity index (χ0) is 8.36. The fraction of sp³-hybridized carbons (Fsp3) is 0.714. The SMILES string of the molecule is CCC(C)(C)C(Cl)=C(Cl)Cl. The van der Waals surface area contributed by atoms with Crippen LogP contribution in [-0.4, -0.2) is 0 Å². The second kappa shape index (κ2) is 3.85. The van der Waals surface area contributed by atoms with Gasteiger partial charge < -0.3 is 0 Å². The van der Waals surface area contributed by atoms with E-state index in [1.807, 2.05) is 20.8 Å². The Morgan fingerprint density at radius 2 is 1.60 bits per heavy atom. The average molecular weight is 202 g/mol. The van der Waals surface area contributed by atoms with Crippen LogP contribution in [-0.2, 0) is 0 Å². The maximum absolute atomic E-state index is 5.82. The molecule has 0 bridgehead atoms. The van der Waals surface area contributed by atoms with Gasteiger partial charge in [0, 0.05) is 5.41 Å². The molecule has 0 saturated heterocycles. The van der Waals surface area contributed by atoms with Crippen molar-refractivity contribution in [2.45, 2.75) is 27.2 Å². The molecule has 3 heteroatoms. The molecule has 0 radical (unpaired) electrons. The highest BCUT2D eigenvalue weighted by Crippen LogP contribution is 2.37. The molecule has 0 amide bonds. The van der Waals surface area contributed by atoms with E-state index in [2.05, 4.69) is 0 Å². The third kappa shape index (κ3) is 2.69. The molecule has 0 N–H and O–H groups in total. The van der Waals surface area contributed by atoms with E-state index in [0.717, 1.165) is 6.42 Å². The number of hydrogen-bond acceptors (Lipinski definition) is 0. The van der Waals surface area contributed by atoms with Gasteiger partial charge in [-0.1, -0.05) is 55.6 Å². The molecule has 0 fully saturated rings. The van der Waals surface area contributed by atoms with Crippen molar-refractivity contribution in [3.8, 4) is 0 Å². The van der Waals surface area contributed by atoms with E-state index in [9.17, 15) is 0 Å². The summed E-state index contributed by atoms with van der Waals surface area (Å²) >= 11 is 16.8. The van der Waals surface area contributed by atoms with Crippen molar-refractivity contribution in [1.29, 1.82) is 0 Å². The topological polar surface area (TPSA) is 0 Å². The van der Waals surface area contributed by atoms with Gasteiger partial charge in [0.1, 0.15) is 4.49 Å². The summed E-state index contributed by atoms with van der Waals surface area (Å²) in [7, 11) is 0. The molecule has 0 unspecified atom stereocenters. The van der Waals surface area contributed by atoms with Gasteiger partial charge in [0.05, 0.1) is 5.03 Å². The molecular weight excluding hydrogens is 190 g/mol. The quantitative estimate of drug-likeness (QED) is 0.625. The maximum atomic E-state index is 5.82. The van der Waals surface area contributed by atoms with Crippen molar-refractivity contribution in [3.05, 3.63) is 9.52 Å². The molecule has 0 rings (SSSR count). The monoisotopic (exact) mass is 200 g/mol. The molecule has 0 aromatic carbocycles. The van der Waals surface area contributed by atoms with Crippen LogP contribution in [0.1, 0.15) is 27.2 Å². The molecule has 10 heavy (non-hydrogen) atoms. The minimum atomic E-state index is -0.0968. The third-order valence-corrected chi connectivity index (χ3v) is 2.92. The molecule has 0 aliphatic carbocycles. The van der Waals surface area contributed by atoms with Crippen LogP contribution in [0.5, 0.6) is 0 Å². The number of rotatable bonds is 2. The van der Waals surface area contributed by atoms with Crippen LogP contribution in [0.2, 0.25) is 0 Å². The Morgan fingerprint density at radius 1 is 1.20 bits per heavy atom. The molecule has 0 aromatic heterocycles. The summed E-state index contributed by atoms with van der Waals surface area (Å²) in [5.74, 6) is 0. The summed E-state index contributed by atoms with van der Waals surface area (Å²) < 4.78 is 0.175. The first-order valence-corrected chi connectivity index (χ1v) is 4.26. The molecule has 0 nitrogen and oxygen atoms in total. The Bertz CT molecular complexity index is 143. The lowest BCUT2D eigenvalue weighted by atomic mass is 9.90. The Morgan fingerprint density at radius 3 is 1.70 bits per heavy atom. The lowest BCUT2D eigenvalue weighted by Gasteiger charge is -2.21. The average Bonchev–Trinajstić information content (AvgIpc) is 1.86. The Kier molecular flexibility index (Phi) is 4.08. The number of halogens is 3. The van der Waals surface area contributed by atoms with Crippen molar-refractivity contribution in [2.24, 2.45) is 5.41 Å². The summed E-state index contributed by atoms with van der Waals surface area (Å²) in [6, 6.07) is 0. The first kappa shape index (κ1) is 10.6. The van der Waals surface area contributed by atoms with Crippen LogP contribution in [0.25, 0.3) is 0 Å². The first-order chi connectivity index (χ1) is 4.41. The third-order valence-electron chi connectivity index (χ3n) is 1.64. The lowest BCUT2D eigenvalue weighted by Crippen LogP contribution is -2.09. The fourth-order valence-electron chi connectivity index (χ4n) is 0.411. The van der Waals surface area contributed by atoms with E-state index in [1.165, 1.54) is 0 Å². The van der Waals surface area contributed by atoms with E-state index in [4.69, 9.17) is 34.8 Å². The number of allylic oxidation sites excluding steroid dienone is 1. The summed E-state index contributed by atoms with van der Waals surface area (Å²) in [6.07, 6.45) is 0.925. The van der Waals surface area contributed by atoms with E-state index in [-0.39, 0.29) is 9.91 Å². The van der Waals surface area contributed by atoms with Gasteiger partial charge >= 0.3 is 0 Å². The van der Waals surface area contributed by atoms with E-state index >= 15 is 0 Å². The summed E-state index contributed by atoms with van der Waals surface area (Å²) in [5.41, 5.74) is -0.0968. The predicted molar refractivity (Wildman–Crippen MR) is 48.7 cm³/mol. The van der Waals surface area contributed by atoms with Crippen molar-refractivity contribution in [2.75, 3.05) is 0 Å². The van der Waals surface area contributed by atoms with Gasteiger partial charge in [-0.05, 0) is 6.42 Å². The normalized spacial score (nSPS) is 11.4. The molecule has 0 heterocycles. The molecule has 0 atom stereocenters. The second-order valence-electron chi connectivity index (χ2n) is 2.81. The van der Waals surface area contributed by atoms with Crippen LogP contribution in [0.4, 0.5) is 0 Å². The van der Waals surface area contributed by atoms with Gasteiger partial charge in [-0.2, -0.15) is 0 Å². The zero-order valence-corrected chi connectivity index (χ0v) is 8.61. The van der Waals surface area contributed by atoms with Crippen LogP contribution < -0.4 is 0 Å². The summed E-state index contributed by atoms with van der Waals surface area (Å²) in [6.45, 7) is 6.04. The minimum Gasteiger partial charge on any atom is -0.0860 e. The van der Waals surface area contributed by atoms with Crippen molar-refractivity contribution in [1.82, 2.24) is 0 Å². The van der Waals surface area contributed by atoms with Gasteiger partial charge in [-0.15, -0.1) is 0 Å². The van der Waals surface area contributed by atoms with Crippen molar-refractivity contribution < 1.29 is 0 Å². The standard InChI is InChI=1S/C7H11Cl3/c1-4-7(2,3)5(8)6(9)10/h4H2,1-3H3. The van der Waals surface area contributed by atoms with Crippen LogP contribution in [0.15, 0.2) is 9.52 Å². The van der Waals surface area contributed by atoms with Crippen molar-refractivity contribution in [3.63, 3.8) is 0 Å². The second-order valence-corrected chi connectivity index (χ2v) is 4.14. The lowest BCUT2D eigenvalue weighted by molar-refractivity contribution is 0.451. The molecule has 60 valence electrons. The fourth-order valence-corrected chi connectivity index (χ4v) is 1.06. The summed E-state index contributed by atoms with van der Waals surface area (Å²) in [5, 5.41) is 0.540. The first-order valence-electron chi connectivity index (χ1n) is 3.13. The Labute approximate surface area is 77.1 Å². The zero-order valence-electron chi connectivity index (χ0n) is 6.34. The highest BCUT2D eigenvalue weighted by molar-refractivity contribution is 6.59. The Hall–Kier alpha value is 0.610. The van der Waals surface area contributed by atoms with E-state index < -0.39 is 0 Å². The number of hydrogen-bond donors (Lipinski definition) is 0. The Balaban J connectivity index is 4.49. The van der Waals surface area contributed by atoms with Crippen LogP contribution in [0, 0.1) is 5.41 Å². The van der Waals surface area contributed by atoms with Gasteiger partial charge in [-0.3, -0.25) is 0 Å². The highest BCUT2D eigenvalue weighted by Gasteiger charge is 2.21. The largest absolute Gasteiger partial charge is 0.121 e. The molecular formula is C7H11Cl3. The molecule has 0 saturated carbocycles. The molecule has 0 aliphatic heterocycles. The predicted octanol–water partition coefficient (Wildman–Crippen LogP) is 4.31. The highest BCUT2D eigenvalue weighted by atomic mass is 35.5. The molecule has 0 aliphatic rings. The van der Waals surface area contributed by atoms with Crippen molar-refractivity contribution >= 4 is 34.8 Å². The van der Waals surface area contributed by atoms with Gasteiger partial charge in [-0.25, -0.2) is 0 Å². The van der Waals surface area contributed by atoms with Gasteiger partial charge in [0.2, 0.25) is 0 Å². The molecule has 0 aromatic rings. The smallest absolute Gasteiger partial charge is 0.0860 e. The van der Waals surface area contributed by atoms with E-state index in [1.54, 1.807) is 0 Å². The van der Waals surface area contributed by atoms with E-state index in [0.29, 0.717) is 5.03 Å². The van der Waals surface area contributed by atoms with Gasteiger partial charge in [0.25, 0.3) is 0 Å². The van der Waals surface area contributed by atoms with Crippen LogP contribution in [0.3, 0.4) is 0 Å². The van der Waals surface area contributed by atoms with Crippen LogP contribution >= 0.6 is 34.8 Å². The molecule has 0 spiro atoms.